The summed E-state index contributed by atoms with van der Waals surface area (Å²) < 4.78 is 0. The quantitative estimate of drug-likeness (QED) is 0.628. The minimum Gasteiger partial charge on any atom is -0.508 e. The van der Waals surface area contributed by atoms with E-state index < -0.39 is 12.0 Å². The molecule has 84 valence electrons. The smallest absolute Gasteiger partial charge is 0.321 e. The summed E-state index contributed by atoms with van der Waals surface area (Å²) in [7, 11) is 0. The molecule has 0 bridgehead atoms. The van der Waals surface area contributed by atoms with Crippen molar-refractivity contribution in [3.8, 4) is 11.8 Å². The Balaban J connectivity index is 2.64. The van der Waals surface area contributed by atoms with Gasteiger partial charge in [-0.1, -0.05) is 12.1 Å². The van der Waals surface area contributed by atoms with Gasteiger partial charge in [0, 0.05) is 0 Å². The van der Waals surface area contributed by atoms with Crippen LogP contribution in [-0.2, 0) is 11.2 Å². The van der Waals surface area contributed by atoms with Gasteiger partial charge in [0.05, 0.1) is 12.6 Å². The van der Waals surface area contributed by atoms with Crippen molar-refractivity contribution in [3.63, 3.8) is 0 Å². The second-order valence-electron chi connectivity index (χ2n) is 3.30. The van der Waals surface area contributed by atoms with Crippen LogP contribution in [0.2, 0.25) is 0 Å². The van der Waals surface area contributed by atoms with Crippen molar-refractivity contribution in [1.29, 1.82) is 5.26 Å². The molecule has 0 aliphatic heterocycles. The standard InChI is InChI=1S/C11H12N2O3/c12-5-6-13-10(11(15)16)7-8-1-3-9(14)4-2-8/h1-4,10,13-14H,6-7H2,(H,15,16). The Bertz CT molecular complexity index is 395. The summed E-state index contributed by atoms with van der Waals surface area (Å²) in [6.07, 6.45) is 0.275. The van der Waals surface area contributed by atoms with Crippen LogP contribution >= 0.6 is 0 Å². The maximum absolute atomic E-state index is 10.9. The van der Waals surface area contributed by atoms with Gasteiger partial charge in [-0.3, -0.25) is 10.1 Å². The fourth-order valence-corrected chi connectivity index (χ4v) is 1.28. The molecule has 3 N–H and O–H groups in total. The van der Waals surface area contributed by atoms with E-state index in [9.17, 15) is 4.79 Å². The van der Waals surface area contributed by atoms with Crippen LogP contribution in [0.4, 0.5) is 0 Å². The molecule has 0 aliphatic rings. The number of nitrogens with zero attached hydrogens (tertiary/aromatic N) is 1. The highest BCUT2D eigenvalue weighted by molar-refractivity contribution is 5.74. The monoisotopic (exact) mass is 220 g/mol. The molecule has 5 heteroatoms. The number of carboxylic acids is 1. The van der Waals surface area contributed by atoms with Crippen LogP contribution in [0.25, 0.3) is 0 Å². The average Bonchev–Trinajstić information content (AvgIpc) is 2.26. The number of benzene rings is 1. The molecule has 1 unspecified atom stereocenters. The van der Waals surface area contributed by atoms with E-state index in [2.05, 4.69) is 5.32 Å². The molecule has 1 rings (SSSR count). The Labute approximate surface area is 92.9 Å². The lowest BCUT2D eigenvalue weighted by Gasteiger charge is -2.12. The number of hydrogen-bond acceptors (Lipinski definition) is 4. The Kier molecular flexibility index (Phi) is 4.30. The molecule has 0 heterocycles. The molecule has 0 spiro atoms. The molecular weight excluding hydrogens is 208 g/mol. The number of carboxylic acid groups (broad SMARTS) is 1. The summed E-state index contributed by atoms with van der Waals surface area (Å²) in [4.78, 5) is 10.9. The fraction of sp³-hybridized carbons (Fsp3) is 0.273. The lowest BCUT2D eigenvalue weighted by molar-refractivity contribution is -0.139. The summed E-state index contributed by atoms with van der Waals surface area (Å²) in [5.41, 5.74) is 0.788. The number of phenolic OH excluding ortho intramolecular Hbond substituents is 1. The van der Waals surface area contributed by atoms with Gasteiger partial charge in [-0.15, -0.1) is 0 Å². The summed E-state index contributed by atoms with van der Waals surface area (Å²) in [6.45, 7) is -0.00491. The maximum atomic E-state index is 10.9. The molecule has 0 saturated heterocycles. The maximum Gasteiger partial charge on any atom is 0.321 e. The third kappa shape index (κ3) is 3.59. The van der Waals surface area contributed by atoms with Crippen LogP contribution in [0.3, 0.4) is 0 Å². The van der Waals surface area contributed by atoms with Crippen molar-refractivity contribution in [2.45, 2.75) is 12.5 Å². The second kappa shape index (κ2) is 5.73. The van der Waals surface area contributed by atoms with Gasteiger partial charge in [0.25, 0.3) is 0 Å². The molecule has 0 saturated carbocycles. The largest absolute Gasteiger partial charge is 0.508 e. The third-order valence-electron chi connectivity index (χ3n) is 2.10. The number of aliphatic carboxylic acids is 1. The van der Waals surface area contributed by atoms with E-state index >= 15 is 0 Å². The van der Waals surface area contributed by atoms with Crippen LogP contribution in [0.5, 0.6) is 5.75 Å². The first-order valence-electron chi connectivity index (χ1n) is 4.74. The molecule has 0 fully saturated rings. The van der Waals surface area contributed by atoms with Gasteiger partial charge in [-0.25, -0.2) is 0 Å². The van der Waals surface area contributed by atoms with E-state index in [1.807, 2.05) is 6.07 Å². The van der Waals surface area contributed by atoms with Crippen molar-refractivity contribution in [3.05, 3.63) is 29.8 Å². The van der Waals surface area contributed by atoms with Gasteiger partial charge in [0.15, 0.2) is 0 Å². The van der Waals surface area contributed by atoms with Gasteiger partial charge in [0.2, 0.25) is 0 Å². The van der Waals surface area contributed by atoms with Crippen molar-refractivity contribution in [1.82, 2.24) is 5.32 Å². The summed E-state index contributed by atoms with van der Waals surface area (Å²) in [5.74, 6) is -0.857. The highest BCUT2D eigenvalue weighted by Gasteiger charge is 2.16. The topological polar surface area (TPSA) is 93.4 Å². The molecule has 0 aliphatic carbocycles. The number of aromatic hydroxyl groups is 1. The lowest BCUT2D eigenvalue weighted by Crippen LogP contribution is -2.38. The second-order valence-corrected chi connectivity index (χ2v) is 3.30. The van der Waals surface area contributed by atoms with Crippen molar-refractivity contribution < 1.29 is 15.0 Å². The molecule has 0 aromatic heterocycles. The minimum atomic E-state index is -0.997. The normalized spacial score (nSPS) is 11.7. The van der Waals surface area contributed by atoms with E-state index in [1.54, 1.807) is 12.1 Å². The van der Waals surface area contributed by atoms with Crippen LogP contribution in [0, 0.1) is 11.3 Å². The van der Waals surface area contributed by atoms with E-state index in [0.29, 0.717) is 0 Å². The van der Waals surface area contributed by atoms with Crippen molar-refractivity contribution in [2.75, 3.05) is 6.54 Å². The molecule has 0 amide bonds. The molecule has 1 atom stereocenters. The van der Waals surface area contributed by atoms with Crippen LogP contribution in [0.15, 0.2) is 24.3 Å². The molecular formula is C11H12N2O3. The number of rotatable bonds is 5. The minimum absolute atomic E-state index is 0.00491. The Morgan fingerprint density at radius 2 is 2.06 bits per heavy atom. The summed E-state index contributed by atoms with van der Waals surface area (Å²) in [5, 5.41) is 28.9. The Hall–Kier alpha value is -2.06. The lowest BCUT2D eigenvalue weighted by atomic mass is 10.1. The number of nitriles is 1. The van der Waals surface area contributed by atoms with E-state index in [-0.39, 0.29) is 18.7 Å². The predicted octanol–water partition coefficient (Wildman–Crippen LogP) is 0.501. The van der Waals surface area contributed by atoms with E-state index in [4.69, 9.17) is 15.5 Å². The van der Waals surface area contributed by atoms with Crippen LogP contribution in [0.1, 0.15) is 5.56 Å². The first-order chi connectivity index (χ1) is 7.63. The van der Waals surface area contributed by atoms with Crippen molar-refractivity contribution in [2.24, 2.45) is 0 Å². The molecule has 1 aromatic carbocycles. The third-order valence-corrected chi connectivity index (χ3v) is 2.10. The first-order valence-corrected chi connectivity index (χ1v) is 4.74. The molecule has 0 radical (unpaired) electrons. The fourth-order valence-electron chi connectivity index (χ4n) is 1.28. The Morgan fingerprint density at radius 1 is 1.44 bits per heavy atom. The number of phenols is 1. The zero-order chi connectivity index (χ0) is 12.0. The molecule has 1 aromatic rings. The van der Waals surface area contributed by atoms with Crippen LogP contribution in [-0.4, -0.2) is 28.8 Å². The van der Waals surface area contributed by atoms with E-state index in [1.165, 1.54) is 12.1 Å². The van der Waals surface area contributed by atoms with Gasteiger partial charge < -0.3 is 10.2 Å². The molecule has 5 nitrogen and oxygen atoms in total. The first kappa shape index (κ1) is 12.0. The average molecular weight is 220 g/mol. The summed E-state index contributed by atoms with van der Waals surface area (Å²) >= 11 is 0. The zero-order valence-corrected chi connectivity index (χ0v) is 8.55. The highest BCUT2D eigenvalue weighted by Crippen LogP contribution is 2.11. The SMILES string of the molecule is N#CCNC(Cc1ccc(O)cc1)C(=O)O. The number of hydrogen-bond donors (Lipinski definition) is 3. The summed E-state index contributed by atoms with van der Waals surface area (Å²) in [6, 6.07) is 7.35. The molecule has 16 heavy (non-hydrogen) atoms. The predicted molar refractivity (Wildman–Crippen MR) is 56.9 cm³/mol. The van der Waals surface area contributed by atoms with Gasteiger partial charge in [0.1, 0.15) is 11.8 Å². The van der Waals surface area contributed by atoms with Crippen LogP contribution < -0.4 is 5.32 Å². The van der Waals surface area contributed by atoms with Crippen molar-refractivity contribution >= 4 is 5.97 Å². The van der Waals surface area contributed by atoms with Gasteiger partial charge >= 0.3 is 5.97 Å². The van der Waals surface area contributed by atoms with Gasteiger partial charge in [-0.2, -0.15) is 5.26 Å². The zero-order valence-electron chi connectivity index (χ0n) is 8.55. The number of nitrogens with one attached hydrogen (secondary N) is 1. The highest BCUT2D eigenvalue weighted by atomic mass is 16.4. The van der Waals surface area contributed by atoms with E-state index in [0.717, 1.165) is 5.56 Å². The number of carbonyl (C=O) groups is 1. The Morgan fingerprint density at radius 3 is 2.56 bits per heavy atom. The van der Waals surface area contributed by atoms with Gasteiger partial charge in [-0.05, 0) is 24.1 Å².